The van der Waals surface area contributed by atoms with E-state index in [0.29, 0.717) is 18.9 Å². The quantitative estimate of drug-likeness (QED) is 0.824. The van der Waals surface area contributed by atoms with Gasteiger partial charge in [-0.2, -0.15) is 0 Å². The Kier molecular flexibility index (Phi) is 5.94. The van der Waals surface area contributed by atoms with Gasteiger partial charge in [0.05, 0.1) is 5.92 Å². The highest BCUT2D eigenvalue weighted by molar-refractivity contribution is 5.91. The van der Waals surface area contributed by atoms with Crippen LogP contribution in [0.25, 0.3) is 0 Å². The van der Waals surface area contributed by atoms with Crippen molar-refractivity contribution in [3.05, 3.63) is 35.6 Å². The minimum atomic E-state index is -0.328. The molecule has 2 heterocycles. The maximum atomic E-state index is 13.2. The summed E-state index contributed by atoms with van der Waals surface area (Å²) < 4.78 is 13.2. The van der Waals surface area contributed by atoms with Crippen LogP contribution in [-0.2, 0) is 9.59 Å². The maximum absolute atomic E-state index is 13.2. The highest BCUT2D eigenvalue weighted by atomic mass is 19.1. The molecule has 1 aromatic carbocycles. The van der Waals surface area contributed by atoms with Crippen molar-refractivity contribution in [2.24, 2.45) is 5.92 Å². The molecule has 0 bridgehead atoms. The van der Waals surface area contributed by atoms with Gasteiger partial charge in [0.25, 0.3) is 0 Å². The Morgan fingerprint density at radius 3 is 2.38 bits per heavy atom. The topological polar surface area (TPSA) is 40.6 Å². The van der Waals surface area contributed by atoms with Gasteiger partial charge in [0, 0.05) is 19.6 Å². The summed E-state index contributed by atoms with van der Waals surface area (Å²) in [5.74, 6) is 0.162. The van der Waals surface area contributed by atoms with Crippen molar-refractivity contribution < 1.29 is 14.0 Å². The number of carbonyl (C=O) groups excluding carboxylic acids is 2. The number of hydrogen-bond donors (Lipinski definition) is 0. The van der Waals surface area contributed by atoms with E-state index in [1.807, 2.05) is 11.8 Å². The molecular formula is C21H29FN2O2. The van der Waals surface area contributed by atoms with Crippen molar-refractivity contribution in [2.75, 3.05) is 19.6 Å². The molecule has 2 aliphatic heterocycles. The Hall–Kier alpha value is -1.91. The van der Waals surface area contributed by atoms with Crippen LogP contribution in [0.15, 0.2) is 24.3 Å². The van der Waals surface area contributed by atoms with E-state index in [-0.39, 0.29) is 29.6 Å². The zero-order chi connectivity index (χ0) is 18.7. The van der Waals surface area contributed by atoms with Crippen LogP contribution in [0.1, 0.15) is 57.4 Å². The number of likely N-dealkylation sites (tertiary alicyclic amines) is 2. The van der Waals surface area contributed by atoms with Gasteiger partial charge in [-0.1, -0.05) is 26.0 Å². The molecule has 2 saturated heterocycles. The molecule has 2 aliphatic rings. The number of piperidine rings is 1. The summed E-state index contributed by atoms with van der Waals surface area (Å²) in [7, 11) is 0. The molecule has 1 aromatic rings. The molecule has 4 nitrogen and oxygen atoms in total. The van der Waals surface area contributed by atoms with Crippen molar-refractivity contribution in [1.29, 1.82) is 0 Å². The Labute approximate surface area is 155 Å². The maximum Gasteiger partial charge on any atom is 0.245 e. The largest absolute Gasteiger partial charge is 0.341 e. The van der Waals surface area contributed by atoms with Gasteiger partial charge in [-0.25, -0.2) is 4.39 Å². The third-order valence-corrected chi connectivity index (χ3v) is 5.89. The third-order valence-electron chi connectivity index (χ3n) is 5.89. The minimum Gasteiger partial charge on any atom is -0.341 e. The smallest absolute Gasteiger partial charge is 0.245 e. The first-order valence-corrected chi connectivity index (χ1v) is 9.86. The number of halogens is 1. The van der Waals surface area contributed by atoms with Gasteiger partial charge in [0.2, 0.25) is 11.8 Å². The van der Waals surface area contributed by atoms with Crippen molar-refractivity contribution in [3.8, 4) is 0 Å². The number of nitrogens with zero attached hydrogens (tertiary/aromatic N) is 2. The summed E-state index contributed by atoms with van der Waals surface area (Å²) in [5.41, 5.74) is 0.823. The van der Waals surface area contributed by atoms with Crippen molar-refractivity contribution in [3.63, 3.8) is 0 Å². The Morgan fingerprint density at radius 1 is 1.12 bits per heavy atom. The fourth-order valence-corrected chi connectivity index (χ4v) is 4.18. The second kappa shape index (κ2) is 8.19. The lowest BCUT2D eigenvalue weighted by molar-refractivity contribution is -0.145. The van der Waals surface area contributed by atoms with E-state index in [0.717, 1.165) is 44.3 Å². The lowest BCUT2D eigenvalue weighted by Crippen LogP contribution is -2.50. The van der Waals surface area contributed by atoms with Gasteiger partial charge in [-0.05, 0) is 55.7 Å². The van der Waals surface area contributed by atoms with Crippen LogP contribution in [0.5, 0.6) is 0 Å². The molecule has 0 radical (unpaired) electrons. The van der Waals surface area contributed by atoms with Crippen LogP contribution in [-0.4, -0.2) is 47.3 Å². The highest BCUT2D eigenvalue weighted by Crippen LogP contribution is 2.29. The SMILES string of the molecule is CCC(C(=O)N1CCC[C@H]1C(=O)N1CCC(C)CC1)c1ccc(F)cc1. The molecule has 5 heteroatoms. The lowest BCUT2D eigenvalue weighted by Gasteiger charge is -2.35. The average molecular weight is 360 g/mol. The predicted octanol–water partition coefficient (Wildman–Crippen LogP) is 3.57. The standard InChI is InChI=1S/C21H29FN2O2/c1-3-18(16-6-8-17(22)9-7-16)20(25)24-12-4-5-19(24)21(26)23-13-10-15(2)11-14-23/h6-9,15,18-19H,3-5,10-14H2,1-2H3/t18?,19-/m0/s1. The second-order valence-corrected chi connectivity index (χ2v) is 7.71. The summed E-state index contributed by atoms with van der Waals surface area (Å²) in [4.78, 5) is 29.9. The Bertz CT molecular complexity index is 638. The van der Waals surface area contributed by atoms with E-state index in [1.165, 1.54) is 12.1 Å². The Balaban J connectivity index is 1.72. The van der Waals surface area contributed by atoms with Crippen molar-refractivity contribution in [1.82, 2.24) is 9.80 Å². The van der Waals surface area contributed by atoms with Crippen LogP contribution < -0.4 is 0 Å². The first-order valence-electron chi connectivity index (χ1n) is 9.86. The van der Waals surface area contributed by atoms with Crippen LogP contribution >= 0.6 is 0 Å². The summed E-state index contributed by atoms with van der Waals surface area (Å²) in [6, 6.07) is 5.82. The molecule has 2 atom stereocenters. The fourth-order valence-electron chi connectivity index (χ4n) is 4.18. The van der Waals surface area contributed by atoms with E-state index in [9.17, 15) is 14.0 Å². The minimum absolute atomic E-state index is 0.000311. The van der Waals surface area contributed by atoms with Crippen LogP contribution in [0.4, 0.5) is 4.39 Å². The van der Waals surface area contributed by atoms with E-state index in [1.54, 1.807) is 17.0 Å². The zero-order valence-corrected chi connectivity index (χ0v) is 15.8. The molecule has 142 valence electrons. The Morgan fingerprint density at radius 2 is 1.77 bits per heavy atom. The van der Waals surface area contributed by atoms with Crippen LogP contribution in [0.2, 0.25) is 0 Å². The molecule has 0 spiro atoms. The average Bonchev–Trinajstić information content (AvgIpc) is 3.13. The second-order valence-electron chi connectivity index (χ2n) is 7.71. The zero-order valence-electron chi connectivity index (χ0n) is 15.8. The number of amides is 2. The third kappa shape index (κ3) is 3.92. The monoisotopic (exact) mass is 360 g/mol. The molecule has 0 N–H and O–H groups in total. The van der Waals surface area contributed by atoms with Gasteiger partial charge < -0.3 is 9.80 Å². The number of hydrogen-bond acceptors (Lipinski definition) is 2. The van der Waals surface area contributed by atoms with Gasteiger partial charge >= 0.3 is 0 Å². The molecule has 26 heavy (non-hydrogen) atoms. The van der Waals surface area contributed by atoms with Crippen molar-refractivity contribution in [2.45, 2.75) is 57.9 Å². The summed E-state index contributed by atoms with van der Waals surface area (Å²) in [6.45, 7) is 6.42. The van der Waals surface area contributed by atoms with Gasteiger partial charge in [-0.3, -0.25) is 9.59 Å². The molecule has 0 aromatic heterocycles. The molecule has 3 rings (SSSR count). The summed E-state index contributed by atoms with van der Waals surface area (Å²) >= 11 is 0. The first kappa shape index (κ1) is 18.9. The van der Waals surface area contributed by atoms with E-state index >= 15 is 0 Å². The van der Waals surface area contributed by atoms with E-state index < -0.39 is 0 Å². The van der Waals surface area contributed by atoms with Gasteiger partial charge in [0.1, 0.15) is 11.9 Å². The molecule has 0 saturated carbocycles. The number of rotatable bonds is 4. The predicted molar refractivity (Wildman–Crippen MR) is 99.1 cm³/mol. The van der Waals surface area contributed by atoms with E-state index in [2.05, 4.69) is 6.92 Å². The van der Waals surface area contributed by atoms with E-state index in [4.69, 9.17) is 0 Å². The lowest BCUT2D eigenvalue weighted by atomic mass is 9.94. The van der Waals surface area contributed by atoms with Gasteiger partial charge in [0.15, 0.2) is 0 Å². The fraction of sp³-hybridized carbons (Fsp3) is 0.619. The molecule has 2 amide bonds. The van der Waals surface area contributed by atoms with Crippen LogP contribution in [0.3, 0.4) is 0 Å². The highest BCUT2D eigenvalue weighted by Gasteiger charge is 2.39. The molecular weight excluding hydrogens is 331 g/mol. The van der Waals surface area contributed by atoms with Crippen molar-refractivity contribution >= 4 is 11.8 Å². The normalized spacial score (nSPS) is 22.5. The number of benzene rings is 1. The molecule has 0 aliphatic carbocycles. The number of carbonyl (C=O) groups is 2. The van der Waals surface area contributed by atoms with Gasteiger partial charge in [-0.15, -0.1) is 0 Å². The molecule has 1 unspecified atom stereocenters. The molecule has 2 fully saturated rings. The summed E-state index contributed by atoms with van der Waals surface area (Å²) in [6.07, 6.45) is 4.34. The summed E-state index contributed by atoms with van der Waals surface area (Å²) in [5, 5.41) is 0. The van der Waals surface area contributed by atoms with Crippen LogP contribution in [0, 0.1) is 11.7 Å². The first-order chi connectivity index (χ1) is 12.5.